The van der Waals surface area contributed by atoms with E-state index >= 15 is 0 Å². The third kappa shape index (κ3) is 6.74. The summed E-state index contributed by atoms with van der Waals surface area (Å²) in [6, 6.07) is 27.5. The molecule has 40 heavy (non-hydrogen) atoms. The van der Waals surface area contributed by atoms with Crippen molar-refractivity contribution in [3.63, 3.8) is 0 Å². The molecule has 12 heteroatoms. The Morgan fingerprint density at radius 2 is 1.48 bits per heavy atom. The van der Waals surface area contributed by atoms with Gasteiger partial charge in [0.2, 0.25) is 0 Å². The number of esters is 1. The summed E-state index contributed by atoms with van der Waals surface area (Å²) >= 11 is 0. The highest BCUT2D eigenvalue weighted by atomic mass is 32.2. The molecule has 0 aliphatic heterocycles. The number of hydrogen-bond donors (Lipinski definition) is 1. The van der Waals surface area contributed by atoms with Crippen LogP contribution < -0.4 is 14.5 Å². The molecule has 0 radical (unpaired) electrons. The quantitative estimate of drug-likeness (QED) is 0.101. The minimum atomic E-state index is -4.50. The molecule has 0 spiro atoms. The van der Waals surface area contributed by atoms with Crippen LogP contribution in [0.5, 0.6) is 5.75 Å². The SMILES string of the molecule is O=C(CN(c1ccccc1)S(=O)(=O)c1ccccc1[N+](=O)[O-])N/N=C/c1ccc(OC(=O)c2ccccc2)cc1. The highest BCUT2D eigenvalue weighted by molar-refractivity contribution is 7.93. The predicted octanol–water partition coefficient (Wildman–Crippen LogP) is 4.16. The Hall–Kier alpha value is -5.36. The van der Waals surface area contributed by atoms with Crippen molar-refractivity contribution in [3.05, 3.63) is 130 Å². The van der Waals surface area contributed by atoms with Crippen LogP contribution in [0.4, 0.5) is 11.4 Å². The molecule has 0 saturated heterocycles. The van der Waals surface area contributed by atoms with Gasteiger partial charge in [0.15, 0.2) is 4.90 Å². The van der Waals surface area contributed by atoms with Crippen molar-refractivity contribution in [2.75, 3.05) is 10.8 Å². The van der Waals surface area contributed by atoms with Crippen LogP contribution in [0.1, 0.15) is 15.9 Å². The van der Waals surface area contributed by atoms with Gasteiger partial charge in [-0.15, -0.1) is 0 Å². The molecule has 0 aliphatic rings. The topological polar surface area (TPSA) is 148 Å². The van der Waals surface area contributed by atoms with E-state index in [1.165, 1.54) is 30.5 Å². The van der Waals surface area contributed by atoms with E-state index in [0.717, 1.165) is 16.4 Å². The number of ether oxygens (including phenoxy) is 1. The van der Waals surface area contributed by atoms with E-state index < -0.39 is 44.0 Å². The molecule has 0 aromatic heterocycles. The summed E-state index contributed by atoms with van der Waals surface area (Å²) in [5.41, 5.74) is 2.76. The second-order valence-corrected chi connectivity index (χ2v) is 10.0. The first kappa shape index (κ1) is 27.7. The molecular weight excluding hydrogens is 536 g/mol. The summed E-state index contributed by atoms with van der Waals surface area (Å²) in [7, 11) is -4.50. The Bertz CT molecular complexity index is 1640. The minimum absolute atomic E-state index is 0.139. The van der Waals surface area contributed by atoms with Crippen LogP contribution in [-0.2, 0) is 14.8 Å². The maximum atomic E-state index is 13.5. The van der Waals surface area contributed by atoms with Gasteiger partial charge in [-0.3, -0.25) is 19.2 Å². The largest absolute Gasteiger partial charge is 0.423 e. The number of para-hydroxylation sites is 2. The Morgan fingerprint density at radius 1 is 0.875 bits per heavy atom. The van der Waals surface area contributed by atoms with E-state index in [-0.39, 0.29) is 5.69 Å². The molecule has 0 bridgehead atoms. The first-order valence-electron chi connectivity index (χ1n) is 11.8. The van der Waals surface area contributed by atoms with Gasteiger partial charge in [-0.05, 0) is 60.2 Å². The van der Waals surface area contributed by atoms with E-state index in [0.29, 0.717) is 16.9 Å². The number of sulfonamides is 1. The van der Waals surface area contributed by atoms with Crippen LogP contribution in [0.25, 0.3) is 0 Å². The van der Waals surface area contributed by atoms with Crippen molar-refractivity contribution < 1.29 is 27.7 Å². The summed E-state index contributed by atoms with van der Waals surface area (Å²) in [4.78, 5) is 35.0. The third-order valence-electron chi connectivity index (χ3n) is 5.46. The molecule has 4 rings (SSSR count). The zero-order valence-electron chi connectivity index (χ0n) is 20.8. The van der Waals surface area contributed by atoms with Crippen LogP contribution in [0.15, 0.2) is 119 Å². The third-order valence-corrected chi connectivity index (χ3v) is 7.29. The standard InChI is InChI=1S/C28H22N4O7S/c33-27(30-29-19-21-15-17-24(18-16-21)39-28(34)22-9-3-1-4-10-22)20-31(23-11-5-2-6-12-23)40(37,38)26-14-8-7-13-25(26)32(35)36/h1-19H,20H2,(H,30,33)/b29-19+. The zero-order chi connectivity index (χ0) is 28.5. The van der Waals surface area contributed by atoms with Crippen LogP contribution in [0.2, 0.25) is 0 Å². The zero-order valence-corrected chi connectivity index (χ0v) is 21.6. The molecule has 4 aromatic carbocycles. The number of amides is 1. The Morgan fingerprint density at radius 3 is 2.12 bits per heavy atom. The molecule has 1 N–H and O–H groups in total. The van der Waals surface area contributed by atoms with Gasteiger partial charge in [-0.25, -0.2) is 18.6 Å². The monoisotopic (exact) mass is 558 g/mol. The highest BCUT2D eigenvalue weighted by Gasteiger charge is 2.33. The normalized spacial score (nSPS) is 11.1. The molecule has 0 heterocycles. The fourth-order valence-corrected chi connectivity index (χ4v) is 5.14. The van der Waals surface area contributed by atoms with Gasteiger partial charge < -0.3 is 4.74 Å². The lowest BCUT2D eigenvalue weighted by atomic mass is 10.2. The number of nitrogens with one attached hydrogen (secondary N) is 1. The number of anilines is 1. The number of hydrazone groups is 1. The van der Waals surface area contributed by atoms with Crippen molar-refractivity contribution in [3.8, 4) is 5.75 Å². The first-order chi connectivity index (χ1) is 19.3. The fourth-order valence-electron chi connectivity index (χ4n) is 3.56. The number of nitrogens with zero attached hydrogens (tertiary/aromatic N) is 3. The molecule has 0 saturated carbocycles. The summed E-state index contributed by atoms with van der Waals surface area (Å²) < 4.78 is 33.0. The molecule has 0 atom stereocenters. The summed E-state index contributed by atoms with van der Waals surface area (Å²) in [5.74, 6) is -0.975. The average Bonchev–Trinajstić information content (AvgIpc) is 2.97. The smallest absolute Gasteiger partial charge is 0.343 e. The second kappa shape index (κ2) is 12.5. The molecular formula is C28H22N4O7S. The number of carbonyl (C=O) groups excluding carboxylic acids is 2. The van der Waals surface area contributed by atoms with E-state index in [1.807, 2.05) is 0 Å². The molecule has 1 amide bonds. The maximum Gasteiger partial charge on any atom is 0.343 e. The van der Waals surface area contributed by atoms with Crippen LogP contribution >= 0.6 is 0 Å². The number of hydrogen-bond acceptors (Lipinski definition) is 8. The Labute approximate surface area is 229 Å². The van der Waals surface area contributed by atoms with Gasteiger partial charge in [0.25, 0.3) is 21.6 Å². The lowest BCUT2D eigenvalue weighted by molar-refractivity contribution is -0.387. The van der Waals surface area contributed by atoms with Gasteiger partial charge >= 0.3 is 5.97 Å². The number of nitro benzene ring substituents is 1. The van der Waals surface area contributed by atoms with E-state index in [9.17, 15) is 28.1 Å². The minimum Gasteiger partial charge on any atom is -0.423 e. The molecule has 11 nitrogen and oxygen atoms in total. The first-order valence-corrected chi connectivity index (χ1v) is 13.2. The fraction of sp³-hybridized carbons (Fsp3) is 0.0357. The molecule has 4 aromatic rings. The summed E-state index contributed by atoms with van der Waals surface area (Å²) in [5, 5.41) is 15.3. The van der Waals surface area contributed by atoms with Gasteiger partial charge in [-0.1, -0.05) is 48.5 Å². The van der Waals surface area contributed by atoms with E-state index in [4.69, 9.17) is 4.74 Å². The van der Waals surface area contributed by atoms with Gasteiger partial charge in [0.1, 0.15) is 12.3 Å². The molecule has 0 aliphatic carbocycles. The predicted molar refractivity (Wildman–Crippen MR) is 148 cm³/mol. The van der Waals surface area contributed by atoms with Crippen molar-refractivity contribution in [1.29, 1.82) is 0 Å². The van der Waals surface area contributed by atoms with Gasteiger partial charge in [0, 0.05) is 6.07 Å². The Kier molecular flexibility index (Phi) is 8.62. The summed E-state index contributed by atoms with van der Waals surface area (Å²) in [6.45, 7) is -0.690. The van der Waals surface area contributed by atoms with E-state index in [1.54, 1.807) is 72.8 Å². The number of benzene rings is 4. The van der Waals surface area contributed by atoms with Crippen molar-refractivity contribution in [2.24, 2.45) is 5.10 Å². The van der Waals surface area contributed by atoms with Crippen molar-refractivity contribution in [2.45, 2.75) is 4.90 Å². The van der Waals surface area contributed by atoms with Crippen LogP contribution in [0, 0.1) is 10.1 Å². The van der Waals surface area contributed by atoms with Crippen molar-refractivity contribution >= 4 is 39.5 Å². The lowest BCUT2D eigenvalue weighted by Gasteiger charge is -2.23. The van der Waals surface area contributed by atoms with Gasteiger partial charge in [0.05, 0.1) is 22.4 Å². The average molecular weight is 559 g/mol. The maximum absolute atomic E-state index is 13.5. The Balaban J connectivity index is 1.45. The number of carbonyl (C=O) groups is 2. The lowest BCUT2D eigenvalue weighted by Crippen LogP contribution is -2.39. The molecule has 0 unspecified atom stereocenters. The van der Waals surface area contributed by atoms with Gasteiger partial charge in [-0.2, -0.15) is 5.10 Å². The summed E-state index contributed by atoms with van der Waals surface area (Å²) in [6.07, 6.45) is 1.32. The second-order valence-electron chi connectivity index (χ2n) is 8.19. The van der Waals surface area contributed by atoms with E-state index in [2.05, 4.69) is 10.5 Å². The van der Waals surface area contributed by atoms with Crippen LogP contribution in [0.3, 0.4) is 0 Å². The van der Waals surface area contributed by atoms with Crippen LogP contribution in [-0.4, -0.2) is 38.0 Å². The number of rotatable bonds is 10. The highest BCUT2D eigenvalue weighted by Crippen LogP contribution is 2.29. The van der Waals surface area contributed by atoms with Crippen molar-refractivity contribution in [1.82, 2.24) is 5.43 Å². The number of nitro groups is 1. The molecule has 202 valence electrons. The molecule has 0 fully saturated rings.